The zero-order valence-corrected chi connectivity index (χ0v) is 14.1. The van der Waals surface area contributed by atoms with Gasteiger partial charge in [-0.2, -0.15) is 9.78 Å². The average molecular weight is 319 g/mol. The van der Waals surface area contributed by atoms with E-state index in [-0.39, 0.29) is 11.7 Å². The number of aromatic nitrogens is 2. The highest BCUT2D eigenvalue weighted by atomic mass is 19.1. The summed E-state index contributed by atoms with van der Waals surface area (Å²) in [5.74, 6) is -0.368. The lowest BCUT2D eigenvalue weighted by Crippen LogP contribution is -2.29. The predicted octanol–water partition coefficient (Wildman–Crippen LogP) is 4.18. The van der Waals surface area contributed by atoms with Crippen LogP contribution in [0.3, 0.4) is 0 Å². The van der Waals surface area contributed by atoms with Crippen LogP contribution in [0.2, 0.25) is 0 Å². The minimum absolute atomic E-state index is 0.0239. The maximum Gasteiger partial charge on any atom is 0.435 e. The molecule has 2 N–H and O–H groups in total. The van der Waals surface area contributed by atoms with E-state index in [9.17, 15) is 9.18 Å². The van der Waals surface area contributed by atoms with Gasteiger partial charge in [-0.15, -0.1) is 0 Å². The fraction of sp³-hybridized carbons (Fsp3) is 0.412. The summed E-state index contributed by atoms with van der Waals surface area (Å²) in [5.41, 5.74) is 7.63. The number of carbonyl (C=O) groups is 1. The normalized spacial score (nSPS) is 11.8. The molecule has 0 radical (unpaired) electrons. The molecule has 0 saturated carbocycles. The van der Waals surface area contributed by atoms with E-state index in [2.05, 4.69) is 5.10 Å². The Morgan fingerprint density at radius 3 is 2.30 bits per heavy atom. The quantitative estimate of drug-likeness (QED) is 0.901. The zero-order valence-electron chi connectivity index (χ0n) is 14.1. The molecule has 0 atom stereocenters. The summed E-state index contributed by atoms with van der Waals surface area (Å²) in [6.45, 7) is 9.19. The van der Waals surface area contributed by atoms with Gasteiger partial charge in [0.15, 0.2) is 0 Å². The zero-order chi connectivity index (χ0) is 17.4. The molecule has 0 aliphatic heterocycles. The maximum atomic E-state index is 13.1. The fourth-order valence-corrected chi connectivity index (χ4v) is 2.26. The minimum atomic E-state index is -0.637. The van der Waals surface area contributed by atoms with Crippen molar-refractivity contribution in [2.24, 2.45) is 0 Å². The Kier molecular flexibility index (Phi) is 4.45. The van der Waals surface area contributed by atoms with Gasteiger partial charge < -0.3 is 10.5 Å². The van der Waals surface area contributed by atoms with Crippen molar-refractivity contribution in [3.05, 3.63) is 35.8 Å². The number of nitrogen functional groups attached to an aromatic ring is 1. The molecule has 1 aromatic carbocycles. The maximum absolute atomic E-state index is 13.1. The number of benzene rings is 1. The Morgan fingerprint density at radius 1 is 1.26 bits per heavy atom. The van der Waals surface area contributed by atoms with Crippen molar-refractivity contribution in [1.29, 1.82) is 0 Å². The van der Waals surface area contributed by atoms with E-state index in [1.54, 1.807) is 32.9 Å². The van der Waals surface area contributed by atoms with Gasteiger partial charge in [-0.3, -0.25) is 0 Å². The van der Waals surface area contributed by atoms with Crippen molar-refractivity contribution in [3.63, 3.8) is 0 Å². The van der Waals surface area contributed by atoms with Gasteiger partial charge >= 0.3 is 6.09 Å². The number of halogens is 1. The van der Waals surface area contributed by atoms with Crippen molar-refractivity contribution >= 4 is 11.8 Å². The summed E-state index contributed by atoms with van der Waals surface area (Å²) < 4.78 is 19.7. The summed E-state index contributed by atoms with van der Waals surface area (Å²) in [4.78, 5) is 12.4. The fourth-order valence-electron chi connectivity index (χ4n) is 2.26. The molecule has 124 valence electrons. The second-order valence-corrected chi connectivity index (χ2v) is 6.70. The van der Waals surface area contributed by atoms with Gasteiger partial charge in [0.25, 0.3) is 0 Å². The number of hydrogen-bond acceptors (Lipinski definition) is 4. The summed E-state index contributed by atoms with van der Waals surface area (Å²) >= 11 is 0. The Bertz CT molecular complexity index is 713. The van der Waals surface area contributed by atoms with Gasteiger partial charge in [0.05, 0.1) is 11.4 Å². The number of rotatable bonds is 2. The van der Waals surface area contributed by atoms with Gasteiger partial charge in [-0.1, -0.05) is 13.8 Å². The smallest absolute Gasteiger partial charge is 0.435 e. The molecule has 2 rings (SSSR count). The Labute approximate surface area is 135 Å². The van der Waals surface area contributed by atoms with E-state index in [0.717, 1.165) is 0 Å². The van der Waals surface area contributed by atoms with Gasteiger partial charge in [0, 0.05) is 5.56 Å². The second kappa shape index (κ2) is 6.02. The van der Waals surface area contributed by atoms with Crippen molar-refractivity contribution in [1.82, 2.24) is 9.78 Å². The highest BCUT2D eigenvalue weighted by Gasteiger charge is 2.26. The van der Waals surface area contributed by atoms with Crippen molar-refractivity contribution < 1.29 is 13.9 Å². The topological polar surface area (TPSA) is 70.1 Å². The van der Waals surface area contributed by atoms with Crippen LogP contribution in [0.25, 0.3) is 11.3 Å². The Morgan fingerprint density at radius 2 is 1.83 bits per heavy atom. The van der Waals surface area contributed by atoms with E-state index in [1.807, 2.05) is 13.8 Å². The van der Waals surface area contributed by atoms with Gasteiger partial charge in [-0.25, -0.2) is 9.18 Å². The Balaban J connectivity index is 2.53. The molecule has 1 aromatic heterocycles. The number of anilines is 1. The monoisotopic (exact) mass is 319 g/mol. The lowest BCUT2D eigenvalue weighted by atomic mass is 10.1. The van der Waals surface area contributed by atoms with Crippen LogP contribution in [-0.2, 0) is 4.74 Å². The van der Waals surface area contributed by atoms with Crippen LogP contribution in [0.15, 0.2) is 24.3 Å². The molecule has 2 aromatic rings. The summed E-state index contributed by atoms with van der Waals surface area (Å²) in [7, 11) is 0. The van der Waals surface area contributed by atoms with Crippen LogP contribution in [0, 0.1) is 5.82 Å². The lowest BCUT2D eigenvalue weighted by Gasteiger charge is -2.20. The first-order valence-electron chi connectivity index (χ1n) is 7.48. The number of nitrogens with two attached hydrogens (primary N) is 1. The summed E-state index contributed by atoms with van der Waals surface area (Å²) in [5, 5.41) is 4.31. The molecule has 0 aliphatic rings. The highest BCUT2D eigenvalue weighted by Crippen LogP contribution is 2.32. The predicted molar refractivity (Wildman–Crippen MR) is 87.8 cm³/mol. The largest absolute Gasteiger partial charge is 0.442 e. The molecule has 23 heavy (non-hydrogen) atoms. The highest BCUT2D eigenvalue weighted by molar-refractivity contribution is 5.81. The van der Waals surface area contributed by atoms with Crippen LogP contribution in [0.5, 0.6) is 0 Å². The molecule has 0 bridgehead atoms. The SMILES string of the molecule is CC(C)c1c(N)c(-c2ccc(F)cc2)nn1C(=O)OC(C)(C)C. The molecule has 0 unspecified atom stereocenters. The van der Waals surface area contributed by atoms with Crippen molar-refractivity contribution in [2.45, 2.75) is 46.1 Å². The molecular weight excluding hydrogens is 297 g/mol. The van der Waals surface area contributed by atoms with E-state index < -0.39 is 11.7 Å². The lowest BCUT2D eigenvalue weighted by molar-refractivity contribution is 0.0508. The molecule has 0 amide bonds. The van der Waals surface area contributed by atoms with Gasteiger partial charge in [0.1, 0.15) is 17.1 Å². The molecule has 0 aliphatic carbocycles. The summed E-state index contributed by atoms with van der Waals surface area (Å²) in [6, 6.07) is 5.82. The first kappa shape index (κ1) is 17.0. The summed E-state index contributed by atoms with van der Waals surface area (Å²) in [6.07, 6.45) is -0.582. The first-order chi connectivity index (χ1) is 10.6. The third-order valence-electron chi connectivity index (χ3n) is 3.19. The molecule has 1 heterocycles. The van der Waals surface area contributed by atoms with E-state index in [1.165, 1.54) is 16.8 Å². The number of hydrogen-bond donors (Lipinski definition) is 1. The minimum Gasteiger partial charge on any atom is -0.442 e. The van der Waals surface area contributed by atoms with Crippen LogP contribution in [-0.4, -0.2) is 21.5 Å². The van der Waals surface area contributed by atoms with E-state index in [0.29, 0.717) is 22.6 Å². The number of ether oxygens (including phenoxy) is 1. The average Bonchev–Trinajstić information content (AvgIpc) is 2.75. The van der Waals surface area contributed by atoms with Crippen LogP contribution >= 0.6 is 0 Å². The number of carbonyl (C=O) groups excluding carboxylic acids is 1. The molecule has 0 fully saturated rings. The molecular formula is C17H22FN3O2. The second-order valence-electron chi connectivity index (χ2n) is 6.70. The van der Waals surface area contributed by atoms with Crippen LogP contribution in [0.1, 0.15) is 46.2 Å². The standard InChI is InChI=1S/C17H22FN3O2/c1-10(2)15-13(19)14(11-6-8-12(18)9-7-11)20-21(15)16(22)23-17(3,4)5/h6-10H,19H2,1-5H3. The van der Waals surface area contributed by atoms with E-state index >= 15 is 0 Å². The number of nitrogens with zero attached hydrogens (tertiary/aromatic N) is 2. The van der Waals surface area contributed by atoms with E-state index in [4.69, 9.17) is 10.5 Å². The molecule has 5 nitrogen and oxygen atoms in total. The third-order valence-corrected chi connectivity index (χ3v) is 3.19. The third kappa shape index (κ3) is 3.70. The molecule has 6 heteroatoms. The Hall–Kier alpha value is -2.37. The van der Waals surface area contributed by atoms with Crippen LogP contribution < -0.4 is 5.73 Å². The van der Waals surface area contributed by atoms with Gasteiger partial charge in [0.2, 0.25) is 0 Å². The first-order valence-corrected chi connectivity index (χ1v) is 7.48. The van der Waals surface area contributed by atoms with Crippen molar-refractivity contribution in [2.75, 3.05) is 5.73 Å². The van der Waals surface area contributed by atoms with Crippen LogP contribution in [0.4, 0.5) is 14.9 Å². The molecule has 0 saturated heterocycles. The molecule has 0 spiro atoms. The van der Waals surface area contributed by atoms with Gasteiger partial charge in [-0.05, 0) is 51.0 Å². The van der Waals surface area contributed by atoms with Crippen molar-refractivity contribution in [3.8, 4) is 11.3 Å².